The van der Waals surface area contributed by atoms with Gasteiger partial charge in [0.15, 0.2) is 5.82 Å². The number of nitrogens with zero attached hydrogens (tertiary/aromatic N) is 2. The van der Waals surface area contributed by atoms with Crippen LogP contribution in [0.25, 0.3) is 0 Å². The highest BCUT2D eigenvalue weighted by Gasteiger charge is 2.30. The first kappa shape index (κ1) is 14.0. The first-order valence-corrected chi connectivity index (χ1v) is 6.61. The van der Waals surface area contributed by atoms with Gasteiger partial charge in [0.2, 0.25) is 0 Å². The Labute approximate surface area is 113 Å². The number of ether oxygens (including phenoxy) is 2. The number of hydrogen-bond acceptors (Lipinski definition) is 6. The van der Waals surface area contributed by atoms with Gasteiger partial charge < -0.3 is 19.9 Å². The van der Waals surface area contributed by atoms with Gasteiger partial charge in [0.25, 0.3) is 5.88 Å². The quantitative estimate of drug-likeness (QED) is 0.835. The van der Waals surface area contributed by atoms with Gasteiger partial charge in [-0.2, -0.15) is 0 Å². The van der Waals surface area contributed by atoms with Crippen molar-refractivity contribution in [1.29, 1.82) is 0 Å². The summed E-state index contributed by atoms with van der Waals surface area (Å²) in [4.78, 5) is 8.36. The molecule has 106 valence electrons. The molecular formula is C13H21N3O3. The van der Waals surface area contributed by atoms with Crippen molar-refractivity contribution in [3.63, 3.8) is 0 Å². The maximum Gasteiger partial charge on any atom is 0.257 e. The molecule has 0 saturated carbocycles. The second-order valence-corrected chi connectivity index (χ2v) is 5.07. The van der Waals surface area contributed by atoms with Gasteiger partial charge in [0, 0.05) is 45.0 Å². The molecule has 0 amide bonds. The summed E-state index contributed by atoms with van der Waals surface area (Å²) in [5, 5.41) is 13.5. The fourth-order valence-electron chi connectivity index (χ4n) is 1.93. The Morgan fingerprint density at radius 2 is 2.05 bits per heavy atom. The van der Waals surface area contributed by atoms with E-state index in [4.69, 9.17) is 9.47 Å². The fourth-order valence-corrected chi connectivity index (χ4v) is 1.93. The molecule has 2 N–H and O–H groups in total. The summed E-state index contributed by atoms with van der Waals surface area (Å²) in [6, 6.07) is 0. The Hall–Kier alpha value is -1.40. The molecule has 0 bridgehead atoms. The highest BCUT2D eigenvalue weighted by Crippen LogP contribution is 2.24. The van der Waals surface area contributed by atoms with Crippen LogP contribution in [-0.4, -0.2) is 46.5 Å². The monoisotopic (exact) mass is 267 g/mol. The summed E-state index contributed by atoms with van der Waals surface area (Å²) in [5.74, 6) is 1.03. The maximum atomic E-state index is 10.4. The molecule has 1 aliphatic rings. The topological polar surface area (TPSA) is 76.5 Å². The van der Waals surface area contributed by atoms with E-state index in [-0.39, 0.29) is 6.10 Å². The van der Waals surface area contributed by atoms with Crippen LogP contribution < -0.4 is 10.1 Å². The molecule has 2 heterocycles. The Morgan fingerprint density at radius 1 is 1.37 bits per heavy atom. The molecular weight excluding hydrogens is 246 g/mol. The van der Waals surface area contributed by atoms with Gasteiger partial charge >= 0.3 is 0 Å². The van der Waals surface area contributed by atoms with Crippen LogP contribution in [0.1, 0.15) is 26.7 Å². The van der Waals surface area contributed by atoms with Crippen molar-refractivity contribution < 1.29 is 14.6 Å². The standard InChI is InChI=1S/C13H21N3O3/c1-10(2)19-12-11(14-5-6-15-12)16-9-13(17)3-7-18-8-4-13/h5-6,10,17H,3-4,7-9H2,1-2H3,(H,14,16). The van der Waals surface area contributed by atoms with Crippen molar-refractivity contribution in [3.8, 4) is 5.88 Å². The third-order valence-corrected chi connectivity index (χ3v) is 3.02. The number of hydrogen-bond donors (Lipinski definition) is 2. The molecule has 1 saturated heterocycles. The lowest BCUT2D eigenvalue weighted by Gasteiger charge is -2.32. The van der Waals surface area contributed by atoms with Crippen LogP contribution in [0.4, 0.5) is 5.82 Å². The second kappa shape index (κ2) is 6.16. The second-order valence-electron chi connectivity index (χ2n) is 5.07. The summed E-state index contributed by atoms with van der Waals surface area (Å²) in [7, 11) is 0. The summed E-state index contributed by atoms with van der Waals surface area (Å²) in [5.41, 5.74) is -0.745. The summed E-state index contributed by atoms with van der Waals surface area (Å²) < 4.78 is 10.8. The molecule has 0 spiro atoms. The predicted molar refractivity (Wildman–Crippen MR) is 71.3 cm³/mol. The Balaban J connectivity index is 1.98. The molecule has 1 aromatic heterocycles. The number of aliphatic hydroxyl groups is 1. The summed E-state index contributed by atoms with van der Waals surface area (Å²) in [6.45, 7) is 5.47. The third-order valence-electron chi connectivity index (χ3n) is 3.02. The van der Waals surface area contributed by atoms with Crippen molar-refractivity contribution in [1.82, 2.24) is 9.97 Å². The highest BCUT2D eigenvalue weighted by molar-refractivity contribution is 5.45. The number of aromatic nitrogens is 2. The van der Waals surface area contributed by atoms with Crippen LogP contribution in [-0.2, 0) is 4.74 Å². The highest BCUT2D eigenvalue weighted by atomic mass is 16.5. The minimum Gasteiger partial charge on any atom is -0.472 e. The minimum absolute atomic E-state index is 0.0309. The number of nitrogens with one attached hydrogen (secondary N) is 1. The predicted octanol–water partition coefficient (Wildman–Crippen LogP) is 1.22. The lowest BCUT2D eigenvalue weighted by molar-refractivity contribution is -0.0544. The van der Waals surface area contributed by atoms with Crippen LogP contribution in [0, 0.1) is 0 Å². The van der Waals surface area contributed by atoms with Crippen molar-refractivity contribution in [2.24, 2.45) is 0 Å². The zero-order valence-corrected chi connectivity index (χ0v) is 11.4. The molecule has 6 heteroatoms. The first-order chi connectivity index (χ1) is 9.09. The van der Waals surface area contributed by atoms with Gasteiger partial charge in [0.05, 0.1) is 11.7 Å². The molecule has 0 radical (unpaired) electrons. The van der Waals surface area contributed by atoms with Gasteiger partial charge in [-0.25, -0.2) is 9.97 Å². The Kier molecular flexibility index (Phi) is 4.55. The van der Waals surface area contributed by atoms with Crippen LogP contribution in [0.3, 0.4) is 0 Å². The average molecular weight is 267 g/mol. The summed E-state index contributed by atoms with van der Waals surface area (Å²) in [6.07, 6.45) is 4.47. The number of anilines is 1. The van der Waals surface area contributed by atoms with E-state index in [1.165, 1.54) is 0 Å². The lowest BCUT2D eigenvalue weighted by Crippen LogP contribution is -2.42. The Bertz CT molecular complexity index is 406. The zero-order valence-electron chi connectivity index (χ0n) is 11.4. The maximum absolute atomic E-state index is 10.4. The van der Waals surface area contributed by atoms with E-state index in [0.29, 0.717) is 44.3 Å². The van der Waals surface area contributed by atoms with E-state index < -0.39 is 5.60 Å². The molecule has 0 atom stereocenters. The molecule has 1 fully saturated rings. The molecule has 19 heavy (non-hydrogen) atoms. The van der Waals surface area contributed by atoms with Crippen LogP contribution in [0.5, 0.6) is 5.88 Å². The molecule has 1 aromatic rings. The lowest BCUT2D eigenvalue weighted by atomic mass is 9.94. The van der Waals surface area contributed by atoms with E-state index in [9.17, 15) is 5.11 Å². The molecule has 1 aliphatic heterocycles. The number of rotatable bonds is 5. The van der Waals surface area contributed by atoms with E-state index in [0.717, 1.165) is 0 Å². The van der Waals surface area contributed by atoms with Crippen LogP contribution >= 0.6 is 0 Å². The molecule has 0 aromatic carbocycles. The van der Waals surface area contributed by atoms with E-state index in [2.05, 4.69) is 15.3 Å². The first-order valence-electron chi connectivity index (χ1n) is 6.61. The molecule has 2 rings (SSSR count). The van der Waals surface area contributed by atoms with Crippen molar-refractivity contribution in [2.75, 3.05) is 25.1 Å². The van der Waals surface area contributed by atoms with Crippen molar-refractivity contribution >= 4 is 5.82 Å². The normalized spacial score (nSPS) is 18.3. The van der Waals surface area contributed by atoms with E-state index >= 15 is 0 Å². The minimum atomic E-state index is -0.745. The molecule has 0 unspecified atom stereocenters. The van der Waals surface area contributed by atoms with Gasteiger partial charge in [0.1, 0.15) is 0 Å². The smallest absolute Gasteiger partial charge is 0.257 e. The van der Waals surface area contributed by atoms with Gasteiger partial charge in [-0.05, 0) is 13.8 Å². The van der Waals surface area contributed by atoms with Gasteiger partial charge in [-0.3, -0.25) is 0 Å². The van der Waals surface area contributed by atoms with E-state index in [1.54, 1.807) is 12.4 Å². The zero-order chi connectivity index (χ0) is 13.7. The summed E-state index contributed by atoms with van der Waals surface area (Å²) >= 11 is 0. The molecule has 6 nitrogen and oxygen atoms in total. The SMILES string of the molecule is CC(C)Oc1nccnc1NCC1(O)CCOCC1. The van der Waals surface area contributed by atoms with Crippen molar-refractivity contribution in [2.45, 2.75) is 38.4 Å². The van der Waals surface area contributed by atoms with Crippen LogP contribution in [0.15, 0.2) is 12.4 Å². The van der Waals surface area contributed by atoms with Crippen molar-refractivity contribution in [3.05, 3.63) is 12.4 Å². The largest absolute Gasteiger partial charge is 0.472 e. The third kappa shape index (κ3) is 4.04. The van der Waals surface area contributed by atoms with E-state index in [1.807, 2.05) is 13.8 Å². The molecule has 0 aliphatic carbocycles. The Morgan fingerprint density at radius 3 is 2.74 bits per heavy atom. The van der Waals surface area contributed by atoms with Gasteiger partial charge in [-0.1, -0.05) is 0 Å². The average Bonchev–Trinajstić information content (AvgIpc) is 2.38. The fraction of sp³-hybridized carbons (Fsp3) is 0.692. The van der Waals surface area contributed by atoms with Gasteiger partial charge in [-0.15, -0.1) is 0 Å². The van der Waals surface area contributed by atoms with Crippen LogP contribution in [0.2, 0.25) is 0 Å².